The molecule has 0 saturated carbocycles. The molecule has 1 amide bonds. The van der Waals surface area contributed by atoms with Crippen LogP contribution in [0.1, 0.15) is 18.1 Å². The summed E-state index contributed by atoms with van der Waals surface area (Å²) in [6, 6.07) is 1.34. The summed E-state index contributed by atoms with van der Waals surface area (Å²) in [6.07, 6.45) is -1.75. The average molecular weight is 246 g/mol. The highest BCUT2D eigenvalue weighted by Crippen LogP contribution is 2.25. The number of amides is 1. The van der Waals surface area contributed by atoms with Crippen molar-refractivity contribution in [2.75, 3.05) is 5.73 Å². The molecule has 0 aliphatic carbocycles. The molecule has 16 heavy (non-hydrogen) atoms. The van der Waals surface area contributed by atoms with Gasteiger partial charge in [0.25, 0.3) is 0 Å². The van der Waals surface area contributed by atoms with Gasteiger partial charge in [0.15, 0.2) is 0 Å². The Bertz CT molecular complexity index is 400. The van der Waals surface area contributed by atoms with E-state index in [-0.39, 0.29) is 22.8 Å². The Balaban J connectivity index is 2.87. The average Bonchev–Trinajstić information content (AvgIpc) is 2.15. The number of nitrogens with zero attached hydrogens (tertiary/aromatic N) is 1. The number of hydrogen-bond acceptors (Lipinski definition) is 5. The predicted molar refractivity (Wildman–Crippen MR) is 58.4 cm³/mol. The van der Waals surface area contributed by atoms with E-state index in [1.165, 1.54) is 12.3 Å². The van der Waals surface area contributed by atoms with Gasteiger partial charge < -0.3 is 21.7 Å². The van der Waals surface area contributed by atoms with E-state index in [1.807, 2.05) is 0 Å². The molecule has 1 rings (SSSR count). The number of aromatic nitrogens is 1. The van der Waals surface area contributed by atoms with E-state index in [0.717, 1.165) is 0 Å². The molecule has 2 unspecified atom stereocenters. The Morgan fingerprint density at radius 2 is 2.19 bits per heavy atom. The number of nitrogens with two attached hydrogens (primary N) is 2. The van der Waals surface area contributed by atoms with Crippen molar-refractivity contribution in [3.05, 3.63) is 23.0 Å². The molecule has 0 fully saturated rings. The number of primary amides is 1. The largest absolute Gasteiger partial charge is 0.398 e. The first-order valence-electron chi connectivity index (χ1n) is 4.47. The van der Waals surface area contributed by atoms with Crippen molar-refractivity contribution in [1.29, 1.82) is 0 Å². The van der Waals surface area contributed by atoms with Crippen LogP contribution in [0.5, 0.6) is 0 Å². The van der Waals surface area contributed by atoms with E-state index in [4.69, 9.17) is 23.1 Å². The Morgan fingerprint density at radius 1 is 1.56 bits per heavy atom. The zero-order valence-corrected chi connectivity index (χ0v) is 9.05. The van der Waals surface area contributed by atoms with Crippen LogP contribution in [-0.4, -0.2) is 27.2 Å². The van der Waals surface area contributed by atoms with Gasteiger partial charge in [-0.1, -0.05) is 11.6 Å². The molecule has 1 aromatic rings. The molecule has 88 valence electrons. The number of pyridine rings is 1. The van der Waals surface area contributed by atoms with Crippen LogP contribution in [0.3, 0.4) is 0 Å². The monoisotopic (exact) mass is 245 g/mol. The molecule has 0 radical (unpaired) electrons. The first kappa shape index (κ1) is 12.7. The summed E-state index contributed by atoms with van der Waals surface area (Å²) in [7, 11) is 0. The normalized spacial score (nSPS) is 14.4. The summed E-state index contributed by atoms with van der Waals surface area (Å²) in [5, 5.41) is 19.3. The molecule has 0 aromatic carbocycles. The lowest BCUT2D eigenvalue weighted by Crippen LogP contribution is -2.26. The number of nitrogen functional groups attached to an aromatic ring is 1. The number of aliphatic hydroxyl groups is 2. The molecule has 2 atom stereocenters. The fraction of sp³-hybridized carbons (Fsp3) is 0.333. The predicted octanol–water partition coefficient (Wildman–Crippen LogP) is -0.413. The Kier molecular flexibility index (Phi) is 4.05. The van der Waals surface area contributed by atoms with E-state index in [9.17, 15) is 15.0 Å². The highest BCUT2D eigenvalue weighted by atomic mass is 35.5. The molecule has 6 N–H and O–H groups in total. The van der Waals surface area contributed by atoms with Gasteiger partial charge >= 0.3 is 0 Å². The van der Waals surface area contributed by atoms with Crippen LogP contribution in [0.4, 0.5) is 5.69 Å². The van der Waals surface area contributed by atoms with Crippen LogP contribution in [0.25, 0.3) is 0 Å². The van der Waals surface area contributed by atoms with Gasteiger partial charge in [-0.25, -0.2) is 4.98 Å². The summed E-state index contributed by atoms with van der Waals surface area (Å²) < 4.78 is 0. The second-order valence-corrected chi connectivity index (χ2v) is 3.71. The third-order valence-electron chi connectivity index (χ3n) is 2.03. The zero-order valence-electron chi connectivity index (χ0n) is 8.30. The molecule has 0 spiro atoms. The lowest BCUT2D eigenvalue weighted by molar-refractivity contribution is -0.121. The first-order chi connectivity index (χ1) is 7.41. The smallest absolute Gasteiger partial charge is 0.220 e. The number of aliphatic hydroxyl groups excluding tert-OH is 2. The minimum atomic E-state index is -1.32. The number of anilines is 1. The lowest BCUT2D eigenvalue weighted by Gasteiger charge is -2.18. The fourth-order valence-electron chi connectivity index (χ4n) is 1.23. The SMILES string of the molecule is NC(=O)CC(O)C(O)c1cnc(Cl)cc1N. The lowest BCUT2D eigenvalue weighted by atomic mass is 10.0. The maximum Gasteiger partial charge on any atom is 0.220 e. The van der Waals surface area contributed by atoms with Crippen molar-refractivity contribution in [2.45, 2.75) is 18.6 Å². The maximum atomic E-state index is 10.6. The molecule has 7 heteroatoms. The summed E-state index contributed by atoms with van der Waals surface area (Å²) in [5.41, 5.74) is 10.9. The van der Waals surface area contributed by atoms with Gasteiger partial charge in [0.2, 0.25) is 5.91 Å². The first-order valence-corrected chi connectivity index (χ1v) is 4.85. The number of halogens is 1. The number of carbonyl (C=O) groups is 1. The minimum absolute atomic E-state index is 0.179. The number of rotatable bonds is 4. The third kappa shape index (κ3) is 3.06. The van der Waals surface area contributed by atoms with Crippen molar-refractivity contribution >= 4 is 23.2 Å². The summed E-state index contributed by atoms with van der Waals surface area (Å²) in [6.45, 7) is 0. The van der Waals surface area contributed by atoms with Crippen LogP contribution >= 0.6 is 11.6 Å². The third-order valence-corrected chi connectivity index (χ3v) is 2.24. The van der Waals surface area contributed by atoms with Crippen LogP contribution in [0.15, 0.2) is 12.3 Å². The second kappa shape index (κ2) is 5.11. The van der Waals surface area contributed by atoms with Gasteiger partial charge in [0.1, 0.15) is 11.3 Å². The van der Waals surface area contributed by atoms with Crippen molar-refractivity contribution in [3.63, 3.8) is 0 Å². The van der Waals surface area contributed by atoms with E-state index in [1.54, 1.807) is 0 Å². The van der Waals surface area contributed by atoms with Crippen LogP contribution in [0, 0.1) is 0 Å². The van der Waals surface area contributed by atoms with Crippen molar-refractivity contribution in [2.24, 2.45) is 5.73 Å². The molecule has 0 aliphatic rings. The molecule has 1 aromatic heterocycles. The van der Waals surface area contributed by atoms with E-state index >= 15 is 0 Å². The summed E-state index contributed by atoms with van der Waals surface area (Å²) in [5.74, 6) is -0.716. The highest BCUT2D eigenvalue weighted by Gasteiger charge is 2.22. The minimum Gasteiger partial charge on any atom is -0.398 e. The van der Waals surface area contributed by atoms with Gasteiger partial charge in [0.05, 0.1) is 12.5 Å². The zero-order chi connectivity index (χ0) is 12.3. The molecular formula is C9H12ClN3O3. The molecular weight excluding hydrogens is 234 g/mol. The van der Waals surface area contributed by atoms with Crippen LogP contribution < -0.4 is 11.5 Å². The number of hydrogen-bond donors (Lipinski definition) is 4. The Morgan fingerprint density at radius 3 is 2.69 bits per heavy atom. The number of carbonyl (C=O) groups excluding carboxylic acids is 1. The maximum absolute atomic E-state index is 10.6. The molecule has 1 heterocycles. The van der Waals surface area contributed by atoms with Gasteiger partial charge in [-0.05, 0) is 6.07 Å². The Hall–Kier alpha value is -1.37. The highest BCUT2D eigenvalue weighted by molar-refractivity contribution is 6.29. The molecule has 0 saturated heterocycles. The molecule has 6 nitrogen and oxygen atoms in total. The van der Waals surface area contributed by atoms with Gasteiger partial charge in [-0.15, -0.1) is 0 Å². The molecule has 0 bridgehead atoms. The van der Waals surface area contributed by atoms with Crippen molar-refractivity contribution < 1.29 is 15.0 Å². The quantitative estimate of drug-likeness (QED) is 0.537. The van der Waals surface area contributed by atoms with E-state index < -0.39 is 18.1 Å². The Labute approximate surface area is 96.8 Å². The topological polar surface area (TPSA) is 122 Å². The summed E-state index contributed by atoms with van der Waals surface area (Å²) >= 11 is 5.58. The van der Waals surface area contributed by atoms with Crippen molar-refractivity contribution in [1.82, 2.24) is 4.98 Å². The van der Waals surface area contributed by atoms with Crippen LogP contribution in [-0.2, 0) is 4.79 Å². The van der Waals surface area contributed by atoms with Crippen LogP contribution in [0.2, 0.25) is 5.15 Å². The van der Waals surface area contributed by atoms with Crippen molar-refractivity contribution in [3.8, 4) is 0 Å². The van der Waals surface area contributed by atoms with Gasteiger partial charge in [-0.2, -0.15) is 0 Å². The van der Waals surface area contributed by atoms with Gasteiger partial charge in [-0.3, -0.25) is 4.79 Å². The fourth-order valence-corrected chi connectivity index (χ4v) is 1.39. The summed E-state index contributed by atoms with van der Waals surface area (Å²) in [4.78, 5) is 14.3. The van der Waals surface area contributed by atoms with E-state index in [0.29, 0.717) is 0 Å². The van der Waals surface area contributed by atoms with E-state index in [2.05, 4.69) is 4.98 Å². The van der Waals surface area contributed by atoms with Gasteiger partial charge in [0, 0.05) is 17.4 Å². The molecule has 0 aliphatic heterocycles. The second-order valence-electron chi connectivity index (χ2n) is 3.32. The standard InChI is InChI=1S/C9H12ClN3O3/c10-7-1-5(11)4(3-13-7)9(16)6(14)2-8(12)15/h1,3,6,9,14,16H,2H2,(H2,11,13)(H2,12,15).